The second kappa shape index (κ2) is 12.2. The minimum absolute atomic E-state index is 0.0172. The first-order chi connectivity index (χ1) is 22.8. The number of alkyl halides is 5. The van der Waals surface area contributed by atoms with Gasteiger partial charge in [0.2, 0.25) is 0 Å². The number of fused-ring (bicyclic) bond motifs is 4. The molecule has 6 atom stereocenters. The third-order valence-electron chi connectivity index (χ3n) is 12.0. The fourth-order valence-corrected chi connectivity index (χ4v) is 9.54. The second-order valence-corrected chi connectivity index (χ2v) is 15.7. The maximum absolute atomic E-state index is 15.4. The van der Waals surface area contributed by atoms with E-state index in [9.17, 15) is 28.2 Å². The van der Waals surface area contributed by atoms with E-state index in [-0.39, 0.29) is 37.7 Å². The lowest BCUT2D eigenvalue weighted by Gasteiger charge is -2.59. The third kappa shape index (κ3) is 5.96. The summed E-state index contributed by atoms with van der Waals surface area (Å²) in [6.45, 7) is 8.47. The number of rotatable bonds is 4. The first kappa shape index (κ1) is 36.1. The molecule has 1 saturated heterocycles. The van der Waals surface area contributed by atoms with E-state index in [4.69, 9.17) is 14.2 Å². The van der Waals surface area contributed by atoms with Gasteiger partial charge in [0, 0.05) is 41.7 Å². The average Bonchev–Trinajstić information content (AvgIpc) is 3.31. The smallest absolute Gasteiger partial charge is 0.436 e. The predicted molar refractivity (Wildman–Crippen MR) is 169 cm³/mol. The highest BCUT2D eigenvalue weighted by molar-refractivity contribution is 5.67. The minimum atomic E-state index is -5.92. The molecule has 4 aliphatic carbocycles. The van der Waals surface area contributed by atoms with Crippen LogP contribution >= 0.6 is 0 Å². The topological polar surface area (TPSA) is 97.3 Å². The van der Waals surface area contributed by atoms with Crippen LogP contribution in [0, 0.1) is 34.5 Å². The highest BCUT2D eigenvalue weighted by Crippen LogP contribution is 2.71. The van der Waals surface area contributed by atoms with Crippen molar-refractivity contribution in [3.63, 3.8) is 0 Å². The van der Waals surface area contributed by atoms with E-state index in [2.05, 4.69) is 17.2 Å². The largest absolute Gasteiger partial charge is 0.456 e. The molecule has 5 aliphatic rings. The molecule has 3 saturated carbocycles. The van der Waals surface area contributed by atoms with E-state index < -0.39 is 64.8 Å². The zero-order valence-corrected chi connectivity index (χ0v) is 28.4. The molecule has 49 heavy (non-hydrogen) atoms. The minimum Gasteiger partial charge on any atom is -0.436 e. The lowest BCUT2D eigenvalue weighted by molar-refractivity contribution is -0.362. The van der Waals surface area contributed by atoms with Gasteiger partial charge in [-0.2, -0.15) is 22.0 Å². The molecule has 1 aromatic rings. The van der Waals surface area contributed by atoms with Crippen LogP contribution in [0.25, 0.3) is 0 Å². The molecule has 3 N–H and O–H groups in total. The summed E-state index contributed by atoms with van der Waals surface area (Å²) < 4.78 is 90.1. The predicted octanol–water partition coefficient (Wildman–Crippen LogP) is 7.01. The molecule has 12 heteroatoms. The summed E-state index contributed by atoms with van der Waals surface area (Å²) in [5.41, 5.74) is -3.59. The van der Waals surface area contributed by atoms with Crippen LogP contribution in [0.15, 0.2) is 35.4 Å². The van der Waals surface area contributed by atoms with Crippen LogP contribution < -0.4 is 5.32 Å². The molecule has 0 aromatic heterocycles. The normalized spacial score (nSPS) is 35.0. The number of nitrogens with one attached hydrogen (secondary N) is 1. The first-order valence-corrected chi connectivity index (χ1v) is 17.2. The Morgan fingerprint density at radius 3 is 2.33 bits per heavy atom. The van der Waals surface area contributed by atoms with Crippen molar-refractivity contribution in [2.45, 2.75) is 114 Å². The van der Waals surface area contributed by atoms with E-state index in [1.54, 1.807) is 31.2 Å². The van der Waals surface area contributed by atoms with Gasteiger partial charge in [-0.1, -0.05) is 50.3 Å². The Bertz CT molecular complexity index is 1540. The van der Waals surface area contributed by atoms with Crippen LogP contribution in [0.3, 0.4) is 0 Å². The molecule has 1 aliphatic heterocycles. The molecule has 270 valence electrons. The van der Waals surface area contributed by atoms with Crippen molar-refractivity contribution >= 4 is 6.09 Å². The van der Waals surface area contributed by atoms with E-state index in [1.165, 1.54) is 6.92 Å². The van der Waals surface area contributed by atoms with Crippen molar-refractivity contribution in [3.8, 4) is 11.8 Å². The van der Waals surface area contributed by atoms with Crippen LogP contribution in [0.2, 0.25) is 0 Å². The molecule has 0 radical (unpaired) electrons. The lowest BCUT2D eigenvalue weighted by atomic mass is 9.49. The summed E-state index contributed by atoms with van der Waals surface area (Å²) in [6, 6.07) is 7.00. The zero-order valence-electron chi connectivity index (χ0n) is 28.4. The van der Waals surface area contributed by atoms with Crippen molar-refractivity contribution in [3.05, 3.63) is 46.5 Å². The molecular weight excluding hydrogens is 649 g/mol. The monoisotopic (exact) mass is 695 g/mol. The van der Waals surface area contributed by atoms with E-state index in [0.717, 1.165) is 11.1 Å². The summed E-state index contributed by atoms with van der Waals surface area (Å²) in [5.74, 6) is -2.26. The van der Waals surface area contributed by atoms with Gasteiger partial charge in [-0.25, -0.2) is 4.79 Å². The van der Waals surface area contributed by atoms with Gasteiger partial charge >= 0.3 is 18.2 Å². The fraction of sp³-hybridized carbons (Fsp3) is 0.703. The molecule has 0 bridgehead atoms. The molecule has 6 rings (SSSR count). The Hall–Kier alpha value is -2.72. The Labute approximate surface area is 283 Å². The molecule has 3 unspecified atom stereocenters. The fourth-order valence-electron chi connectivity index (χ4n) is 9.54. The van der Waals surface area contributed by atoms with Gasteiger partial charge in [-0.05, 0) is 80.6 Å². The van der Waals surface area contributed by atoms with Gasteiger partial charge in [-0.15, -0.1) is 0 Å². The highest BCUT2D eigenvalue weighted by atomic mass is 19.4. The number of allylic oxidation sites excluding steroid dienone is 1. The Kier molecular flexibility index (Phi) is 8.99. The van der Waals surface area contributed by atoms with Gasteiger partial charge in [0.15, 0.2) is 12.4 Å². The number of amides is 1. The Balaban J connectivity index is 1.38. The average molecular weight is 696 g/mol. The molecular formula is C37H46F5NO6. The van der Waals surface area contributed by atoms with Crippen molar-refractivity contribution in [1.82, 2.24) is 5.32 Å². The molecule has 1 heterocycles. The van der Waals surface area contributed by atoms with Crippen LogP contribution in [0.5, 0.6) is 0 Å². The van der Waals surface area contributed by atoms with E-state index in [0.29, 0.717) is 50.1 Å². The molecule has 4 fully saturated rings. The van der Waals surface area contributed by atoms with Crippen LogP contribution in [-0.4, -0.2) is 71.8 Å². The van der Waals surface area contributed by atoms with Gasteiger partial charge in [0.25, 0.3) is 0 Å². The number of carbonyl (C=O) groups is 1. The standard InChI is InChI=1S/C37H46F5NO6/c1-5-43-30(44)47-18-6-7-23-8-10-24(11-9-23)26-19-32(4)27(14-17-35(32,46)36(38,39)37(40,41)42)25-12-15-33(45)20-34(16-13-28(33)29(25)26)48-21-31(2,3)22-49-34/h8-11,25-27,45-46H,5,12-22H2,1-4H3,(H,43,44)/t25?,26-,27?,32+,33?,35+/m1/s1. The summed E-state index contributed by atoms with van der Waals surface area (Å²) in [7, 11) is 0. The first-order valence-electron chi connectivity index (χ1n) is 17.2. The highest BCUT2D eigenvalue weighted by Gasteiger charge is 2.79. The third-order valence-corrected chi connectivity index (χ3v) is 12.0. The SMILES string of the molecule is CCNC(=O)OCC#Cc1ccc([C@H]2C[C@@]3(C)C(CC[C@@]3(O)C(F)(F)C(F)(F)F)C3CCC4(O)CC5(CCC4=C32)OCC(C)(C)CO5)cc1. The van der Waals surface area contributed by atoms with Gasteiger partial charge in [-0.3, -0.25) is 0 Å². The Morgan fingerprint density at radius 1 is 1.02 bits per heavy atom. The summed E-state index contributed by atoms with van der Waals surface area (Å²) in [5, 5.41) is 26.4. The summed E-state index contributed by atoms with van der Waals surface area (Å²) in [4.78, 5) is 11.5. The van der Waals surface area contributed by atoms with Gasteiger partial charge in [0.1, 0.15) is 5.60 Å². The number of aliphatic hydroxyl groups is 2. The summed E-state index contributed by atoms with van der Waals surface area (Å²) in [6.07, 6.45) is -5.54. The van der Waals surface area contributed by atoms with E-state index in [1.807, 2.05) is 13.8 Å². The zero-order chi connectivity index (χ0) is 35.7. The number of ether oxygens (including phenoxy) is 3. The van der Waals surface area contributed by atoms with Crippen LogP contribution in [0.1, 0.15) is 96.1 Å². The quantitative estimate of drug-likeness (QED) is 0.178. The number of alkyl carbamates (subject to hydrolysis) is 1. The number of hydrogen-bond acceptors (Lipinski definition) is 6. The summed E-state index contributed by atoms with van der Waals surface area (Å²) >= 11 is 0. The molecule has 1 spiro atoms. The van der Waals surface area contributed by atoms with Crippen LogP contribution in [-0.2, 0) is 14.2 Å². The Morgan fingerprint density at radius 2 is 1.69 bits per heavy atom. The maximum Gasteiger partial charge on any atom is 0.456 e. The number of halogens is 5. The van der Waals surface area contributed by atoms with Gasteiger partial charge < -0.3 is 29.7 Å². The van der Waals surface area contributed by atoms with Crippen molar-refractivity contribution in [2.75, 3.05) is 26.4 Å². The molecule has 1 aromatic carbocycles. The molecule has 1 amide bonds. The van der Waals surface area contributed by atoms with Crippen molar-refractivity contribution in [1.29, 1.82) is 0 Å². The van der Waals surface area contributed by atoms with Crippen molar-refractivity contribution < 1.29 is 51.2 Å². The second-order valence-electron chi connectivity index (χ2n) is 15.7. The number of carbonyl (C=O) groups excluding carboxylic acids is 1. The number of benzene rings is 1. The lowest BCUT2D eigenvalue weighted by Crippen LogP contribution is -2.65. The molecule has 7 nitrogen and oxygen atoms in total. The van der Waals surface area contributed by atoms with Gasteiger partial charge in [0.05, 0.1) is 18.8 Å². The number of hydrogen-bond donors (Lipinski definition) is 3. The van der Waals surface area contributed by atoms with E-state index >= 15 is 8.78 Å². The van der Waals surface area contributed by atoms with Crippen molar-refractivity contribution in [2.24, 2.45) is 22.7 Å². The van der Waals surface area contributed by atoms with Crippen LogP contribution in [0.4, 0.5) is 26.7 Å². The maximum atomic E-state index is 15.4.